The molecule has 0 heterocycles. The maximum absolute atomic E-state index is 12.6. The molecule has 0 aliphatic heterocycles. The monoisotopic (exact) mass is 502 g/mol. The normalized spacial score (nSPS) is 11.2. The maximum Gasteiger partial charge on any atom is 0.261 e. The molecule has 178 valence electrons. The van der Waals surface area contributed by atoms with Crippen molar-refractivity contribution in [3.63, 3.8) is 0 Å². The van der Waals surface area contributed by atoms with E-state index in [4.69, 9.17) is 25.8 Å². The van der Waals surface area contributed by atoms with Crippen molar-refractivity contribution in [1.82, 2.24) is 0 Å². The summed E-state index contributed by atoms with van der Waals surface area (Å²) in [5.41, 5.74) is 1.43. The van der Waals surface area contributed by atoms with Crippen molar-refractivity contribution < 1.29 is 27.4 Å². The highest BCUT2D eigenvalue weighted by Gasteiger charge is 2.15. The zero-order chi connectivity index (χ0) is 24.7. The second kappa shape index (κ2) is 11.0. The SMILES string of the molecule is COc1ccc(C=CC(=O)Nc2ccc(S(=O)(=O)Nc3ccc(Cl)cc3)cc2)c(OC)c1OC. The lowest BCUT2D eigenvalue weighted by molar-refractivity contribution is -0.111. The molecular weight excluding hydrogens is 480 g/mol. The maximum atomic E-state index is 12.6. The van der Waals surface area contributed by atoms with E-state index in [0.29, 0.717) is 39.2 Å². The first-order valence-electron chi connectivity index (χ1n) is 9.94. The number of benzene rings is 3. The Labute approximate surface area is 203 Å². The minimum Gasteiger partial charge on any atom is -0.493 e. The van der Waals surface area contributed by atoms with Crippen LogP contribution in [0.1, 0.15) is 5.56 Å². The first-order chi connectivity index (χ1) is 16.3. The number of rotatable bonds is 9. The highest BCUT2D eigenvalue weighted by molar-refractivity contribution is 7.92. The number of carbonyl (C=O) groups is 1. The molecule has 3 aromatic rings. The van der Waals surface area contributed by atoms with E-state index >= 15 is 0 Å². The van der Waals surface area contributed by atoms with Gasteiger partial charge in [0.15, 0.2) is 11.5 Å². The largest absolute Gasteiger partial charge is 0.493 e. The van der Waals surface area contributed by atoms with Gasteiger partial charge in [-0.3, -0.25) is 9.52 Å². The predicted molar refractivity (Wildman–Crippen MR) is 132 cm³/mol. The molecule has 0 unspecified atom stereocenters. The number of hydrogen-bond donors (Lipinski definition) is 2. The highest BCUT2D eigenvalue weighted by Crippen LogP contribution is 2.40. The van der Waals surface area contributed by atoms with Gasteiger partial charge in [-0.1, -0.05) is 11.6 Å². The highest BCUT2D eigenvalue weighted by atomic mass is 35.5. The van der Waals surface area contributed by atoms with Crippen LogP contribution in [0.25, 0.3) is 6.08 Å². The van der Waals surface area contributed by atoms with Gasteiger partial charge in [0.05, 0.1) is 26.2 Å². The molecule has 0 aromatic heterocycles. The van der Waals surface area contributed by atoms with Crippen LogP contribution in [0.4, 0.5) is 11.4 Å². The van der Waals surface area contributed by atoms with E-state index in [0.717, 1.165) is 0 Å². The lowest BCUT2D eigenvalue weighted by Crippen LogP contribution is -2.13. The van der Waals surface area contributed by atoms with E-state index in [-0.39, 0.29) is 4.90 Å². The Hall–Kier alpha value is -3.69. The fourth-order valence-corrected chi connectivity index (χ4v) is 4.24. The van der Waals surface area contributed by atoms with E-state index in [1.807, 2.05) is 0 Å². The number of nitrogens with one attached hydrogen (secondary N) is 2. The number of ether oxygens (including phenoxy) is 3. The van der Waals surface area contributed by atoms with Gasteiger partial charge in [-0.2, -0.15) is 0 Å². The van der Waals surface area contributed by atoms with E-state index in [9.17, 15) is 13.2 Å². The van der Waals surface area contributed by atoms with Gasteiger partial charge in [0.25, 0.3) is 10.0 Å². The van der Waals surface area contributed by atoms with Gasteiger partial charge in [-0.15, -0.1) is 0 Å². The second-order valence-corrected chi connectivity index (χ2v) is 9.00. The summed E-state index contributed by atoms with van der Waals surface area (Å²) in [6.07, 6.45) is 2.90. The molecule has 1 amide bonds. The molecule has 3 rings (SSSR count). The first-order valence-corrected chi connectivity index (χ1v) is 11.8. The Morgan fingerprint density at radius 1 is 0.824 bits per heavy atom. The third-order valence-corrected chi connectivity index (χ3v) is 6.33. The number of sulfonamides is 1. The summed E-state index contributed by atoms with van der Waals surface area (Å²) in [5.74, 6) is 0.929. The van der Waals surface area contributed by atoms with Crippen LogP contribution in [0.5, 0.6) is 17.2 Å². The number of amides is 1. The van der Waals surface area contributed by atoms with E-state index in [1.54, 1.807) is 42.5 Å². The average molecular weight is 503 g/mol. The molecule has 0 aliphatic carbocycles. The van der Waals surface area contributed by atoms with Crippen molar-refractivity contribution in [2.45, 2.75) is 4.90 Å². The van der Waals surface area contributed by atoms with Crippen molar-refractivity contribution >= 4 is 45.0 Å². The fraction of sp³-hybridized carbons (Fsp3) is 0.125. The lowest BCUT2D eigenvalue weighted by Gasteiger charge is -2.14. The molecule has 0 aliphatic rings. The van der Waals surface area contributed by atoms with Crippen LogP contribution in [0.15, 0.2) is 71.6 Å². The Morgan fingerprint density at radius 2 is 1.44 bits per heavy atom. The summed E-state index contributed by atoms with van der Waals surface area (Å²) >= 11 is 5.82. The fourth-order valence-electron chi connectivity index (χ4n) is 3.05. The van der Waals surface area contributed by atoms with Crippen LogP contribution in [-0.4, -0.2) is 35.7 Å². The zero-order valence-corrected chi connectivity index (χ0v) is 20.2. The molecule has 10 heteroatoms. The third kappa shape index (κ3) is 6.00. The van der Waals surface area contributed by atoms with Gasteiger partial charge < -0.3 is 19.5 Å². The summed E-state index contributed by atoms with van der Waals surface area (Å²) in [7, 11) is 0.712. The van der Waals surface area contributed by atoms with Crippen molar-refractivity contribution in [2.24, 2.45) is 0 Å². The zero-order valence-electron chi connectivity index (χ0n) is 18.7. The molecule has 0 saturated carbocycles. The predicted octanol–water partition coefficient (Wildman–Crippen LogP) is 4.82. The minimum atomic E-state index is -3.79. The Bertz CT molecular complexity index is 1290. The summed E-state index contributed by atoms with van der Waals surface area (Å²) < 4.78 is 43.6. The Morgan fingerprint density at radius 3 is 2.03 bits per heavy atom. The number of anilines is 2. The van der Waals surface area contributed by atoms with Crippen molar-refractivity contribution in [3.8, 4) is 17.2 Å². The van der Waals surface area contributed by atoms with Gasteiger partial charge in [0.2, 0.25) is 11.7 Å². The van der Waals surface area contributed by atoms with Crippen molar-refractivity contribution in [2.75, 3.05) is 31.4 Å². The van der Waals surface area contributed by atoms with Gasteiger partial charge in [-0.25, -0.2) is 8.42 Å². The van der Waals surface area contributed by atoms with Crippen LogP contribution in [0.3, 0.4) is 0 Å². The summed E-state index contributed by atoms with van der Waals surface area (Å²) in [6, 6.07) is 15.5. The first kappa shape index (κ1) is 24.9. The molecule has 0 bridgehead atoms. The van der Waals surface area contributed by atoms with Gasteiger partial charge in [0, 0.05) is 28.0 Å². The molecule has 8 nitrogen and oxygen atoms in total. The van der Waals surface area contributed by atoms with Crippen LogP contribution in [0.2, 0.25) is 5.02 Å². The second-order valence-electron chi connectivity index (χ2n) is 6.88. The number of hydrogen-bond acceptors (Lipinski definition) is 6. The molecule has 0 fully saturated rings. The molecule has 0 spiro atoms. The number of carbonyl (C=O) groups excluding carboxylic acids is 1. The van der Waals surface area contributed by atoms with Gasteiger partial charge >= 0.3 is 0 Å². The van der Waals surface area contributed by atoms with Crippen molar-refractivity contribution in [3.05, 3.63) is 77.3 Å². The molecule has 3 aromatic carbocycles. The van der Waals surface area contributed by atoms with E-state index < -0.39 is 15.9 Å². The summed E-state index contributed by atoms with van der Waals surface area (Å²) in [6.45, 7) is 0. The number of methoxy groups -OCH3 is 3. The van der Waals surface area contributed by atoms with E-state index in [1.165, 1.54) is 51.7 Å². The van der Waals surface area contributed by atoms with Crippen molar-refractivity contribution in [1.29, 1.82) is 0 Å². The summed E-state index contributed by atoms with van der Waals surface area (Å²) in [4.78, 5) is 12.4. The quantitative estimate of drug-likeness (QED) is 0.407. The smallest absolute Gasteiger partial charge is 0.261 e. The molecule has 0 atom stereocenters. The molecule has 0 saturated heterocycles. The molecular formula is C24H23ClN2O6S. The van der Waals surface area contributed by atoms with Crippen LogP contribution in [-0.2, 0) is 14.8 Å². The van der Waals surface area contributed by atoms with Crippen LogP contribution < -0.4 is 24.2 Å². The number of halogens is 1. The summed E-state index contributed by atoms with van der Waals surface area (Å²) in [5, 5.41) is 3.18. The molecule has 34 heavy (non-hydrogen) atoms. The standard InChI is InChI=1S/C24H23ClN2O6S/c1-31-21-14-4-16(23(32-2)24(21)33-3)5-15-22(28)26-18-10-12-20(13-11-18)34(29,30)27-19-8-6-17(25)7-9-19/h4-15,27H,1-3H3,(H,26,28). The van der Waals surface area contributed by atoms with E-state index in [2.05, 4.69) is 10.0 Å². The molecule has 2 N–H and O–H groups in total. The van der Waals surface area contributed by atoms with Gasteiger partial charge in [0.1, 0.15) is 0 Å². The lowest BCUT2D eigenvalue weighted by atomic mass is 10.1. The van der Waals surface area contributed by atoms with Crippen LogP contribution >= 0.6 is 11.6 Å². The van der Waals surface area contributed by atoms with Gasteiger partial charge in [-0.05, 0) is 66.7 Å². The third-order valence-electron chi connectivity index (χ3n) is 4.68. The Kier molecular flexibility index (Phi) is 8.04. The average Bonchev–Trinajstić information content (AvgIpc) is 2.83. The Balaban J connectivity index is 1.69. The minimum absolute atomic E-state index is 0.0473. The topological polar surface area (TPSA) is 103 Å². The molecule has 0 radical (unpaired) electrons. The van der Waals surface area contributed by atoms with Crippen LogP contribution in [0, 0.1) is 0 Å².